The molecule has 140 valence electrons. The molecule has 3 aromatic rings. The van der Waals surface area contributed by atoms with E-state index in [4.69, 9.17) is 9.47 Å². The highest BCUT2D eigenvalue weighted by molar-refractivity contribution is 7.08. The van der Waals surface area contributed by atoms with Crippen LogP contribution < -0.4 is 14.8 Å². The van der Waals surface area contributed by atoms with Gasteiger partial charge in [0.25, 0.3) is 5.91 Å². The summed E-state index contributed by atoms with van der Waals surface area (Å²) in [7, 11) is 0. The van der Waals surface area contributed by atoms with Gasteiger partial charge in [-0.15, -0.1) is 0 Å². The molecule has 0 fully saturated rings. The van der Waals surface area contributed by atoms with Gasteiger partial charge in [0.15, 0.2) is 11.5 Å². The molecule has 6 heteroatoms. The van der Waals surface area contributed by atoms with Crippen LogP contribution in [0.1, 0.15) is 29.8 Å². The lowest BCUT2D eigenvalue weighted by atomic mass is 10.1. The molecule has 0 saturated carbocycles. The van der Waals surface area contributed by atoms with Crippen LogP contribution in [0.25, 0.3) is 11.3 Å². The van der Waals surface area contributed by atoms with Crippen LogP contribution >= 0.6 is 11.3 Å². The fourth-order valence-electron chi connectivity index (χ4n) is 2.63. The molecule has 1 aromatic carbocycles. The molecule has 1 N–H and O–H groups in total. The molecule has 0 spiro atoms. The van der Waals surface area contributed by atoms with Crippen molar-refractivity contribution in [2.24, 2.45) is 0 Å². The predicted molar refractivity (Wildman–Crippen MR) is 108 cm³/mol. The first kappa shape index (κ1) is 18.9. The summed E-state index contributed by atoms with van der Waals surface area (Å²) < 4.78 is 11.1. The van der Waals surface area contributed by atoms with E-state index in [0.29, 0.717) is 36.8 Å². The SMILES string of the molecule is CCOc1ccc(C(=O)NCc2ccnc(-c3ccsc3)c2)cc1OCC. The Kier molecular flexibility index (Phi) is 6.44. The third-order valence-electron chi connectivity index (χ3n) is 3.90. The number of aromatic nitrogens is 1. The Morgan fingerprint density at radius 3 is 2.63 bits per heavy atom. The second-order valence-electron chi connectivity index (χ2n) is 5.77. The molecule has 0 bridgehead atoms. The van der Waals surface area contributed by atoms with E-state index >= 15 is 0 Å². The Morgan fingerprint density at radius 2 is 1.89 bits per heavy atom. The van der Waals surface area contributed by atoms with E-state index in [1.807, 2.05) is 37.4 Å². The van der Waals surface area contributed by atoms with Crippen LogP contribution in [0.3, 0.4) is 0 Å². The maximum atomic E-state index is 12.5. The summed E-state index contributed by atoms with van der Waals surface area (Å²) in [6, 6.07) is 11.2. The smallest absolute Gasteiger partial charge is 0.251 e. The third-order valence-corrected chi connectivity index (χ3v) is 4.58. The molecule has 0 aliphatic rings. The summed E-state index contributed by atoms with van der Waals surface area (Å²) in [4.78, 5) is 16.9. The van der Waals surface area contributed by atoms with E-state index in [1.165, 1.54) is 0 Å². The largest absolute Gasteiger partial charge is 0.490 e. The third kappa shape index (κ3) is 4.86. The first-order valence-electron chi connectivity index (χ1n) is 8.86. The van der Waals surface area contributed by atoms with Crippen LogP contribution in [0.5, 0.6) is 11.5 Å². The van der Waals surface area contributed by atoms with Crippen molar-refractivity contribution in [3.05, 3.63) is 64.5 Å². The predicted octanol–water partition coefficient (Wildman–Crippen LogP) is 4.54. The average Bonchev–Trinajstić information content (AvgIpc) is 3.23. The van der Waals surface area contributed by atoms with E-state index in [1.54, 1.807) is 35.7 Å². The number of hydrogen-bond acceptors (Lipinski definition) is 5. The topological polar surface area (TPSA) is 60.5 Å². The number of rotatable bonds is 8. The van der Waals surface area contributed by atoms with Crippen molar-refractivity contribution in [1.82, 2.24) is 10.3 Å². The minimum absolute atomic E-state index is 0.159. The lowest BCUT2D eigenvalue weighted by molar-refractivity contribution is 0.0950. The van der Waals surface area contributed by atoms with Gasteiger partial charge in [0, 0.05) is 29.2 Å². The Morgan fingerprint density at radius 1 is 1.07 bits per heavy atom. The summed E-state index contributed by atoms with van der Waals surface area (Å²) >= 11 is 1.63. The number of carbonyl (C=O) groups excluding carboxylic acids is 1. The summed E-state index contributed by atoms with van der Waals surface area (Å²) in [6.07, 6.45) is 1.76. The van der Waals surface area contributed by atoms with Crippen molar-refractivity contribution in [2.45, 2.75) is 20.4 Å². The molecule has 2 heterocycles. The second-order valence-corrected chi connectivity index (χ2v) is 6.55. The Hall–Kier alpha value is -2.86. The minimum atomic E-state index is -0.159. The van der Waals surface area contributed by atoms with Crippen molar-refractivity contribution in [2.75, 3.05) is 13.2 Å². The summed E-state index contributed by atoms with van der Waals surface area (Å²) in [5.74, 6) is 1.06. The molecule has 3 rings (SSSR count). The molecule has 1 amide bonds. The van der Waals surface area contributed by atoms with Gasteiger partial charge < -0.3 is 14.8 Å². The molecular formula is C21H22N2O3S. The number of hydrogen-bond donors (Lipinski definition) is 1. The number of carbonyl (C=O) groups is 1. The molecule has 0 aliphatic heterocycles. The highest BCUT2D eigenvalue weighted by Crippen LogP contribution is 2.28. The van der Waals surface area contributed by atoms with Gasteiger partial charge >= 0.3 is 0 Å². The van der Waals surface area contributed by atoms with Crippen LogP contribution in [0.4, 0.5) is 0 Å². The van der Waals surface area contributed by atoms with Crippen LogP contribution in [-0.4, -0.2) is 24.1 Å². The standard InChI is InChI=1S/C21H22N2O3S/c1-3-25-19-6-5-16(12-20(19)26-4-2)21(24)23-13-15-7-9-22-18(11-15)17-8-10-27-14-17/h5-12,14H,3-4,13H2,1-2H3,(H,23,24). The number of benzene rings is 1. The Balaban J connectivity index is 1.69. The number of nitrogens with one attached hydrogen (secondary N) is 1. The zero-order valence-corrected chi connectivity index (χ0v) is 16.2. The van der Waals surface area contributed by atoms with E-state index in [0.717, 1.165) is 16.8 Å². The minimum Gasteiger partial charge on any atom is -0.490 e. The quantitative estimate of drug-likeness (QED) is 0.621. The maximum Gasteiger partial charge on any atom is 0.251 e. The molecule has 0 unspecified atom stereocenters. The summed E-state index contributed by atoms with van der Waals surface area (Å²) in [5, 5.41) is 7.02. The lowest BCUT2D eigenvalue weighted by Crippen LogP contribution is -2.23. The summed E-state index contributed by atoms with van der Waals surface area (Å²) in [5.41, 5.74) is 3.52. The highest BCUT2D eigenvalue weighted by atomic mass is 32.1. The molecule has 5 nitrogen and oxygen atoms in total. The van der Waals surface area contributed by atoms with Crippen molar-refractivity contribution >= 4 is 17.2 Å². The van der Waals surface area contributed by atoms with E-state index in [9.17, 15) is 4.79 Å². The number of pyridine rings is 1. The van der Waals surface area contributed by atoms with Gasteiger partial charge in [-0.2, -0.15) is 11.3 Å². The summed E-state index contributed by atoms with van der Waals surface area (Å²) in [6.45, 7) is 5.29. The monoisotopic (exact) mass is 382 g/mol. The van der Waals surface area contributed by atoms with E-state index in [-0.39, 0.29) is 5.91 Å². The molecule has 0 radical (unpaired) electrons. The fraction of sp³-hybridized carbons (Fsp3) is 0.238. The number of thiophene rings is 1. The molecule has 0 aliphatic carbocycles. The Bertz CT molecular complexity index is 894. The molecule has 2 aromatic heterocycles. The zero-order chi connectivity index (χ0) is 19.1. The normalized spacial score (nSPS) is 10.4. The van der Waals surface area contributed by atoms with Gasteiger partial charge in [-0.3, -0.25) is 9.78 Å². The highest BCUT2D eigenvalue weighted by Gasteiger charge is 2.12. The lowest BCUT2D eigenvalue weighted by Gasteiger charge is -2.12. The van der Waals surface area contributed by atoms with Gasteiger partial charge in [-0.05, 0) is 61.2 Å². The van der Waals surface area contributed by atoms with Crippen molar-refractivity contribution in [3.63, 3.8) is 0 Å². The molecule has 0 atom stereocenters. The van der Waals surface area contributed by atoms with Gasteiger partial charge in [0.2, 0.25) is 0 Å². The van der Waals surface area contributed by atoms with E-state index < -0.39 is 0 Å². The molecular weight excluding hydrogens is 360 g/mol. The maximum absolute atomic E-state index is 12.5. The van der Waals surface area contributed by atoms with Crippen LogP contribution in [0.15, 0.2) is 53.4 Å². The first-order valence-corrected chi connectivity index (χ1v) is 9.81. The van der Waals surface area contributed by atoms with Gasteiger partial charge in [-0.25, -0.2) is 0 Å². The van der Waals surface area contributed by atoms with Crippen molar-refractivity contribution in [1.29, 1.82) is 0 Å². The fourth-order valence-corrected chi connectivity index (χ4v) is 3.28. The molecule has 27 heavy (non-hydrogen) atoms. The van der Waals surface area contributed by atoms with Gasteiger partial charge in [0.1, 0.15) is 0 Å². The number of amides is 1. The van der Waals surface area contributed by atoms with Crippen molar-refractivity contribution < 1.29 is 14.3 Å². The van der Waals surface area contributed by atoms with Crippen LogP contribution in [-0.2, 0) is 6.54 Å². The van der Waals surface area contributed by atoms with Gasteiger partial charge in [-0.1, -0.05) is 0 Å². The van der Waals surface area contributed by atoms with Crippen molar-refractivity contribution in [3.8, 4) is 22.8 Å². The second kappa shape index (κ2) is 9.19. The van der Waals surface area contributed by atoms with Crippen LogP contribution in [0, 0.1) is 0 Å². The number of nitrogens with zero attached hydrogens (tertiary/aromatic N) is 1. The van der Waals surface area contributed by atoms with E-state index in [2.05, 4.69) is 15.7 Å². The van der Waals surface area contributed by atoms with Gasteiger partial charge in [0.05, 0.1) is 18.9 Å². The zero-order valence-electron chi connectivity index (χ0n) is 15.4. The average molecular weight is 382 g/mol. The van der Waals surface area contributed by atoms with Crippen LogP contribution in [0.2, 0.25) is 0 Å². The number of ether oxygens (including phenoxy) is 2. The molecule has 0 saturated heterocycles. The Labute approximate surface area is 163 Å². The first-order chi connectivity index (χ1) is 13.2.